The van der Waals surface area contributed by atoms with Gasteiger partial charge in [0.25, 0.3) is 5.56 Å². The summed E-state index contributed by atoms with van der Waals surface area (Å²) in [5, 5.41) is 3.63. The predicted octanol–water partition coefficient (Wildman–Crippen LogP) is 3.46. The lowest BCUT2D eigenvalue weighted by molar-refractivity contribution is 0.102. The van der Waals surface area contributed by atoms with E-state index in [1.165, 1.54) is 34.8 Å². The first kappa shape index (κ1) is 19.1. The minimum atomic E-state index is -0.573. The summed E-state index contributed by atoms with van der Waals surface area (Å²) in [4.78, 5) is 42.2. The summed E-state index contributed by atoms with van der Waals surface area (Å²) >= 11 is 2.69. The van der Waals surface area contributed by atoms with E-state index in [0.717, 1.165) is 4.88 Å². The van der Waals surface area contributed by atoms with Crippen LogP contribution >= 0.6 is 23.1 Å². The number of carbonyl (C=O) groups excluding carboxylic acids is 2. The van der Waals surface area contributed by atoms with Crippen LogP contribution in [0.15, 0.2) is 40.3 Å². The van der Waals surface area contributed by atoms with Gasteiger partial charge in [-0.3, -0.25) is 19.5 Å². The maximum absolute atomic E-state index is 12.4. The molecule has 3 aromatic rings. The number of nitrogens with one attached hydrogen (secondary N) is 1. The molecule has 0 atom stereocenters. The Morgan fingerprint density at radius 1 is 1.30 bits per heavy atom. The Kier molecular flexibility index (Phi) is 5.62. The molecule has 0 aliphatic heterocycles. The normalized spacial score (nSPS) is 10.8. The van der Waals surface area contributed by atoms with Crippen molar-refractivity contribution in [2.24, 2.45) is 7.05 Å². The number of benzene rings is 1. The van der Waals surface area contributed by atoms with Gasteiger partial charge in [0.15, 0.2) is 10.9 Å². The van der Waals surface area contributed by atoms with E-state index in [1.54, 1.807) is 31.3 Å². The van der Waals surface area contributed by atoms with Crippen LogP contribution in [0.4, 0.5) is 10.5 Å². The summed E-state index contributed by atoms with van der Waals surface area (Å²) in [5.74, 6) is 0.0567. The number of carbonyl (C=O) groups is 2. The molecule has 140 valence electrons. The minimum Gasteiger partial charge on any atom is -0.453 e. The van der Waals surface area contributed by atoms with Crippen LogP contribution in [0.5, 0.6) is 0 Å². The highest BCUT2D eigenvalue weighted by Crippen LogP contribution is 2.24. The SMILES string of the molecule is COC(=O)Nc1ccc(C(=O)CSc2nc3sc(C)cc3c(=O)n2C)cc1. The number of hydrogen-bond acceptors (Lipinski definition) is 7. The lowest BCUT2D eigenvalue weighted by Crippen LogP contribution is -2.19. The van der Waals surface area contributed by atoms with Crippen molar-refractivity contribution in [3.8, 4) is 0 Å². The lowest BCUT2D eigenvalue weighted by atomic mass is 10.1. The van der Waals surface area contributed by atoms with E-state index in [-0.39, 0.29) is 17.1 Å². The summed E-state index contributed by atoms with van der Waals surface area (Å²) < 4.78 is 5.99. The fourth-order valence-corrected chi connectivity index (χ4v) is 4.21. The second kappa shape index (κ2) is 7.93. The fraction of sp³-hybridized carbons (Fsp3) is 0.222. The van der Waals surface area contributed by atoms with Crippen molar-refractivity contribution in [2.45, 2.75) is 12.1 Å². The van der Waals surface area contributed by atoms with Gasteiger partial charge >= 0.3 is 6.09 Å². The van der Waals surface area contributed by atoms with Gasteiger partial charge in [0.1, 0.15) is 4.83 Å². The van der Waals surface area contributed by atoms with Crippen molar-refractivity contribution < 1.29 is 14.3 Å². The second-order valence-electron chi connectivity index (χ2n) is 5.74. The van der Waals surface area contributed by atoms with Crippen LogP contribution in [0.25, 0.3) is 10.2 Å². The number of ether oxygens (including phenoxy) is 1. The van der Waals surface area contributed by atoms with Gasteiger partial charge in [0, 0.05) is 23.2 Å². The molecule has 0 aliphatic rings. The molecule has 1 N–H and O–H groups in total. The molecule has 7 nitrogen and oxygen atoms in total. The van der Waals surface area contributed by atoms with Crippen LogP contribution in [0, 0.1) is 6.92 Å². The molecule has 0 spiro atoms. The van der Waals surface area contributed by atoms with Gasteiger partial charge in [-0.05, 0) is 37.3 Å². The van der Waals surface area contributed by atoms with Crippen molar-refractivity contribution in [1.82, 2.24) is 9.55 Å². The highest BCUT2D eigenvalue weighted by atomic mass is 32.2. The minimum absolute atomic E-state index is 0.0960. The molecule has 0 saturated heterocycles. The van der Waals surface area contributed by atoms with Gasteiger partial charge in [0.05, 0.1) is 18.2 Å². The molecule has 0 radical (unpaired) electrons. The summed E-state index contributed by atoms with van der Waals surface area (Å²) in [5.41, 5.74) is 0.933. The topological polar surface area (TPSA) is 90.3 Å². The number of ketones is 1. The Morgan fingerprint density at radius 2 is 2.00 bits per heavy atom. The Hall–Kier alpha value is -2.65. The van der Waals surface area contributed by atoms with Crippen LogP contribution in [-0.4, -0.2) is 34.3 Å². The van der Waals surface area contributed by atoms with Gasteiger partial charge in [-0.25, -0.2) is 9.78 Å². The van der Waals surface area contributed by atoms with E-state index < -0.39 is 6.09 Å². The molecule has 0 aliphatic carbocycles. The van der Waals surface area contributed by atoms with Crippen molar-refractivity contribution >= 4 is 50.9 Å². The smallest absolute Gasteiger partial charge is 0.411 e. The standard InChI is InChI=1S/C18H17N3O4S2/c1-10-8-13-15(27-10)20-17(21(2)16(13)23)26-9-14(22)11-4-6-12(7-5-11)19-18(24)25-3/h4-8H,9H2,1-3H3,(H,19,24). The van der Waals surface area contributed by atoms with Crippen LogP contribution in [0.1, 0.15) is 15.2 Å². The summed E-state index contributed by atoms with van der Waals surface area (Å²) in [7, 11) is 2.93. The zero-order valence-corrected chi connectivity index (χ0v) is 16.6. The van der Waals surface area contributed by atoms with E-state index in [4.69, 9.17) is 0 Å². The Labute approximate surface area is 163 Å². The molecule has 9 heteroatoms. The fourth-order valence-electron chi connectivity index (χ4n) is 2.42. The molecule has 1 amide bonds. The number of aryl methyl sites for hydroxylation is 1. The van der Waals surface area contributed by atoms with E-state index in [0.29, 0.717) is 26.6 Å². The molecular formula is C18H17N3O4S2. The lowest BCUT2D eigenvalue weighted by Gasteiger charge is -2.07. The number of thiophene rings is 1. The van der Waals surface area contributed by atoms with Gasteiger partial charge in [-0.15, -0.1) is 11.3 Å². The number of fused-ring (bicyclic) bond motifs is 1. The number of anilines is 1. The van der Waals surface area contributed by atoms with E-state index in [2.05, 4.69) is 15.0 Å². The first-order valence-electron chi connectivity index (χ1n) is 7.97. The molecule has 1 aromatic carbocycles. The second-order valence-corrected chi connectivity index (χ2v) is 7.92. The quantitative estimate of drug-likeness (QED) is 0.399. The summed E-state index contributed by atoms with van der Waals surface area (Å²) in [6, 6.07) is 8.35. The number of rotatable bonds is 5. The van der Waals surface area contributed by atoms with Crippen molar-refractivity contribution in [3.63, 3.8) is 0 Å². The monoisotopic (exact) mass is 403 g/mol. The zero-order valence-electron chi connectivity index (χ0n) is 14.9. The maximum atomic E-state index is 12.4. The number of Topliss-reactive ketones (excluding diaryl/α,β-unsaturated/α-hetero) is 1. The van der Waals surface area contributed by atoms with E-state index >= 15 is 0 Å². The van der Waals surface area contributed by atoms with E-state index in [1.807, 2.05) is 13.0 Å². The molecule has 0 unspecified atom stereocenters. The third-order valence-corrected chi connectivity index (χ3v) is 5.80. The average molecular weight is 403 g/mol. The van der Waals surface area contributed by atoms with Gasteiger partial charge in [-0.2, -0.15) is 0 Å². The zero-order chi connectivity index (χ0) is 19.6. The third-order valence-electron chi connectivity index (χ3n) is 3.83. The number of aromatic nitrogens is 2. The first-order chi connectivity index (χ1) is 12.9. The van der Waals surface area contributed by atoms with Crippen LogP contribution in [0.3, 0.4) is 0 Å². The third kappa shape index (κ3) is 4.20. The Balaban J connectivity index is 1.72. The van der Waals surface area contributed by atoms with Gasteiger partial charge in [-0.1, -0.05) is 11.8 Å². The van der Waals surface area contributed by atoms with E-state index in [9.17, 15) is 14.4 Å². The number of methoxy groups -OCH3 is 1. The molecule has 2 heterocycles. The molecule has 3 rings (SSSR count). The number of thioether (sulfide) groups is 1. The van der Waals surface area contributed by atoms with Crippen LogP contribution in [0.2, 0.25) is 0 Å². The summed E-state index contributed by atoms with van der Waals surface area (Å²) in [6.45, 7) is 1.93. The predicted molar refractivity (Wildman–Crippen MR) is 107 cm³/mol. The summed E-state index contributed by atoms with van der Waals surface area (Å²) in [6.07, 6.45) is -0.573. The highest BCUT2D eigenvalue weighted by Gasteiger charge is 2.14. The average Bonchev–Trinajstić information content (AvgIpc) is 3.04. The molecule has 27 heavy (non-hydrogen) atoms. The first-order valence-corrected chi connectivity index (χ1v) is 9.77. The van der Waals surface area contributed by atoms with Crippen LogP contribution in [-0.2, 0) is 11.8 Å². The van der Waals surface area contributed by atoms with Crippen molar-refractivity contribution in [3.05, 3.63) is 51.1 Å². The Morgan fingerprint density at radius 3 is 2.67 bits per heavy atom. The number of amides is 1. The molecule has 2 aromatic heterocycles. The highest BCUT2D eigenvalue weighted by molar-refractivity contribution is 7.99. The largest absolute Gasteiger partial charge is 0.453 e. The van der Waals surface area contributed by atoms with Crippen molar-refractivity contribution in [1.29, 1.82) is 0 Å². The molecule has 0 bridgehead atoms. The molecular weight excluding hydrogens is 386 g/mol. The van der Waals surface area contributed by atoms with Gasteiger partial charge < -0.3 is 4.74 Å². The van der Waals surface area contributed by atoms with Crippen molar-refractivity contribution in [2.75, 3.05) is 18.2 Å². The molecule has 0 fully saturated rings. The molecule has 0 saturated carbocycles. The number of nitrogens with zero attached hydrogens (tertiary/aromatic N) is 2. The Bertz CT molecular complexity index is 1070. The maximum Gasteiger partial charge on any atom is 0.411 e. The van der Waals surface area contributed by atoms with Crippen LogP contribution < -0.4 is 10.9 Å². The number of hydrogen-bond donors (Lipinski definition) is 1. The van der Waals surface area contributed by atoms with Gasteiger partial charge in [0.2, 0.25) is 0 Å².